The minimum Gasteiger partial charge on any atom is -0.478 e. The second-order valence-corrected chi connectivity index (χ2v) is 7.18. The first kappa shape index (κ1) is 18.0. The van der Waals surface area contributed by atoms with Gasteiger partial charge in [-0.2, -0.15) is 0 Å². The fraction of sp³-hybridized carbons (Fsp3) is 0.737. The van der Waals surface area contributed by atoms with Crippen LogP contribution in [0.1, 0.15) is 58.3 Å². The number of rotatable bonds is 6. The molecular weight excluding hydrogens is 316 g/mol. The van der Waals surface area contributed by atoms with E-state index in [9.17, 15) is 4.79 Å². The lowest BCUT2D eigenvalue weighted by Gasteiger charge is -2.33. The summed E-state index contributed by atoms with van der Waals surface area (Å²) in [5, 5.41) is 3.25. The van der Waals surface area contributed by atoms with E-state index in [0.717, 1.165) is 31.7 Å². The lowest BCUT2D eigenvalue weighted by molar-refractivity contribution is -0.123. The summed E-state index contributed by atoms with van der Waals surface area (Å²) in [4.78, 5) is 23.0. The normalized spacial score (nSPS) is 19.6. The lowest BCUT2D eigenvalue weighted by Crippen LogP contribution is -2.45. The van der Waals surface area contributed by atoms with E-state index in [1.165, 1.54) is 32.1 Å². The highest BCUT2D eigenvalue weighted by molar-refractivity contribution is 5.76. The van der Waals surface area contributed by atoms with Crippen LogP contribution < -0.4 is 15.0 Å². The number of nitrogens with one attached hydrogen (secondary N) is 1. The molecule has 0 radical (unpaired) electrons. The third kappa shape index (κ3) is 5.31. The predicted octanol–water partition coefficient (Wildman–Crippen LogP) is 2.93. The third-order valence-electron chi connectivity index (χ3n) is 5.30. The summed E-state index contributed by atoms with van der Waals surface area (Å²) in [5.41, 5.74) is 0. The largest absolute Gasteiger partial charge is 0.478 e. The van der Waals surface area contributed by atoms with Gasteiger partial charge >= 0.3 is 0 Å². The average Bonchev–Trinajstić information content (AvgIpc) is 2.64. The van der Waals surface area contributed by atoms with Crippen LogP contribution in [0.4, 0.5) is 5.82 Å². The molecule has 0 atom stereocenters. The van der Waals surface area contributed by atoms with Crippen molar-refractivity contribution in [1.29, 1.82) is 0 Å². The van der Waals surface area contributed by atoms with Gasteiger partial charge in [0.15, 0.2) is 0 Å². The first-order valence-corrected chi connectivity index (χ1v) is 9.73. The summed E-state index contributed by atoms with van der Waals surface area (Å²) < 4.78 is 5.45. The highest BCUT2D eigenvalue weighted by Crippen LogP contribution is 2.26. The van der Waals surface area contributed by atoms with Gasteiger partial charge in [0, 0.05) is 31.6 Å². The van der Waals surface area contributed by atoms with Crippen LogP contribution in [-0.4, -0.2) is 41.6 Å². The zero-order valence-electron chi connectivity index (χ0n) is 15.2. The Morgan fingerprint density at radius 1 is 1.20 bits per heavy atom. The van der Waals surface area contributed by atoms with Crippen molar-refractivity contribution in [3.63, 3.8) is 0 Å². The van der Waals surface area contributed by atoms with E-state index >= 15 is 0 Å². The molecule has 1 aromatic rings. The minimum absolute atomic E-state index is 0.242. The van der Waals surface area contributed by atoms with Gasteiger partial charge in [-0.05, 0) is 38.5 Å². The van der Waals surface area contributed by atoms with E-state index in [1.54, 1.807) is 6.33 Å². The molecule has 2 aliphatic rings. The monoisotopic (exact) mass is 346 g/mol. The molecule has 1 saturated heterocycles. The molecule has 6 nitrogen and oxygen atoms in total. The van der Waals surface area contributed by atoms with Crippen molar-refractivity contribution in [2.75, 3.05) is 24.6 Å². The van der Waals surface area contributed by atoms with Crippen molar-refractivity contribution in [1.82, 2.24) is 15.3 Å². The van der Waals surface area contributed by atoms with Gasteiger partial charge in [0.1, 0.15) is 12.1 Å². The van der Waals surface area contributed by atoms with Gasteiger partial charge in [-0.1, -0.05) is 19.3 Å². The lowest BCUT2D eigenvalue weighted by atomic mass is 9.86. The Bertz CT molecular complexity index is 552. The van der Waals surface area contributed by atoms with Gasteiger partial charge in [-0.3, -0.25) is 4.79 Å². The summed E-state index contributed by atoms with van der Waals surface area (Å²) in [7, 11) is 0. The number of ether oxygens (including phenoxy) is 1. The SMILES string of the molecule is CCOc1cc(N2CCC(NC(=O)CC3CCCCC3)CC2)ncn1. The molecule has 1 aliphatic carbocycles. The van der Waals surface area contributed by atoms with Crippen molar-refractivity contribution in [3.8, 4) is 5.88 Å². The number of amides is 1. The summed E-state index contributed by atoms with van der Waals surface area (Å²) in [5.74, 6) is 2.37. The number of hydrogen-bond acceptors (Lipinski definition) is 5. The second-order valence-electron chi connectivity index (χ2n) is 7.18. The van der Waals surface area contributed by atoms with Gasteiger partial charge in [-0.25, -0.2) is 9.97 Å². The molecule has 25 heavy (non-hydrogen) atoms. The van der Waals surface area contributed by atoms with Gasteiger partial charge in [0.25, 0.3) is 0 Å². The van der Waals surface area contributed by atoms with Crippen LogP contribution >= 0.6 is 0 Å². The van der Waals surface area contributed by atoms with E-state index in [-0.39, 0.29) is 5.91 Å². The highest BCUT2D eigenvalue weighted by Gasteiger charge is 2.23. The standard InChI is InChI=1S/C19H30N4O2/c1-2-25-19-13-17(20-14-21-19)23-10-8-16(9-11-23)22-18(24)12-15-6-4-3-5-7-15/h13-16H,2-12H2,1H3,(H,22,24). The number of anilines is 1. The van der Waals surface area contributed by atoms with E-state index in [2.05, 4.69) is 20.2 Å². The van der Waals surface area contributed by atoms with Gasteiger partial charge in [0.05, 0.1) is 6.61 Å². The quantitative estimate of drug-likeness (QED) is 0.858. The average molecular weight is 346 g/mol. The van der Waals surface area contributed by atoms with Crippen molar-refractivity contribution in [3.05, 3.63) is 12.4 Å². The molecule has 138 valence electrons. The highest BCUT2D eigenvalue weighted by atomic mass is 16.5. The minimum atomic E-state index is 0.242. The molecule has 1 aromatic heterocycles. The predicted molar refractivity (Wildman–Crippen MR) is 97.8 cm³/mol. The van der Waals surface area contributed by atoms with Crippen LogP contribution in [0, 0.1) is 5.92 Å². The van der Waals surface area contributed by atoms with Crippen LogP contribution in [0.25, 0.3) is 0 Å². The molecule has 0 aromatic carbocycles. The maximum atomic E-state index is 12.3. The van der Waals surface area contributed by atoms with E-state index < -0.39 is 0 Å². The zero-order valence-corrected chi connectivity index (χ0v) is 15.2. The molecule has 1 amide bonds. The first-order valence-electron chi connectivity index (χ1n) is 9.73. The van der Waals surface area contributed by atoms with E-state index in [4.69, 9.17) is 4.74 Å². The van der Waals surface area contributed by atoms with Crippen LogP contribution in [0.5, 0.6) is 5.88 Å². The molecular formula is C19H30N4O2. The molecule has 6 heteroatoms. The summed E-state index contributed by atoms with van der Waals surface area (Å²) >= 11 is 0. The van der Waals surface area contributed by atoms with E-state index in [1.807, 2.05) is 13.0 Å². The van der Waals surface area contributed by atoms with Gasteiger partial charge < -0.3 is 15.0 Å². The molecule has 0 unspecified atom stereocenters. The number of piperidine rings is 1. The molecule has 3 rings (SSSR count). The fourth-order valence-corrected chi connectivity index (χ4v) is 3.92. The van der Waals surface area contributed by atoms with Crippen LogP contribution in [0.2, 0.25) is 0 Å². The Kier molecular flexibility index (Phi) is 6.48. The van der Waals surface area contributed by atoms with E-state index in [0.29, 0.717) is 30.9 Å². The van der Waals surface area contributed by atoms with Crippen molar-refractivity contribution in [2.24, 2.45) is 5.92 Å². The molecule has 2 fully saturated rings. The smallest absolute Gasteiger partial charge is 0.220 e. The summed E-state index contributed by atoms with van der Waals surface area (Å²) in [6, 6.07) is 2.19. The number of carbonyl (C=O) groups is 1. The Hall–Kier alpha value is -1.85. The third-order valence-corrected chi connectivity index (χ3v) is 5.30. The van der Waals surface area contributed by atoms with Crippen LogP contribution in [-0.2, 0) is 4.79 Å². The molecule has 0 bridgehead atoms. The Balaban J connectivity index is 1.43. The number of hydrogen-bond donors (Lipinski definition) is 1. The van der Waals surface area contributed by atoms with Gasteiger partial charge in [0.2, 0.25) is 11.8 Å². The van der Waals surface area contributed by atoms with Crippen LogP contribution in [0.15, 0.2) is 12.4 Å². The fourth-order valence-electron chi connectivity index (χ4n) is 3.92. The maximum Gasteiger partial charge on any atom is 0.220 e. The van der Waals surface area contributed by atoms with Crippen molar-refractivity contribution in [2.45, 2.75) is 64.3 Å². The summed E-state index contributed by atoms with van der Waals surface area (Å²) in [6.07, 6.45) is 10.6. The molecule has 2 heterocycles. The molecule has 1 saturated carbocycles. The topological polar surface area (TPSA) is 67.3 Å². The summed E-state index contributed by atoms with van der Waals surface area (Å²) in [6.45, 7) is 4.35. The maximum absolute atomic E-state index is 12.3. The number of carbonyl (C=O) groups excluding carboxylic acids is 1. The first-order chi connectivity index (χ1) is 12.2. The zero-order chi connectivity index (χ0) is 17.5. The molecule has 0 spiro atoms. The molecule has 1 N–H and O–H groups in total. The molecule has 1 aliphatic heterocycles. The Morgan fingerprint density at radius 2 is 1.96 bits per heavy atom. The van der Waals surface area contributed by atoms with Crippen molar-refractivity contribution < 1.29 is 9.53 Å². The Morgan fingerprint density at radius 3 is 2.68 bits per heavy atom. The van der Waals surface area contributed by atoms with Crippen LogP contribution in [0.3, 0.4) is 0 Å². The van der Waals surface area contributed by atoms with Gasteiger partial charge in [-0.15, -0.1) is 0 Å². The second kappa shape index (κ2) is 9.02. The number of aromatic nitrogens is 2. The Labute approximate surface area is 150 Å². The number of nitrogens with zero attached hydrogens (tertiary/aromatic N) is 3. The van der Waals surface area contributed by atoms with Crippen molar-refractivity contribution >= 4 is 11.7 Å².